The van der Waals surface area contributed by atoms with Crippen LogP contribution in [0.4, 0.5) is 5.13 Å². The molecule has 0 atom stereocenters. The summed E-state index contributed by atoms with van der Waals surface area (Å²) in [4.78, 5) is 9.49. The second kappa shape index (κ2) is 2.18. The topological polar surface area (TPSA) is 84.8 Å². The SMILES string of the molecule is Cn1nc([N+](=O)[O-])sc1=N. The largest absolute Gasteiger partial charge is 0.449 e. The van der Waals surface area contributed by atoms with Gasteiger partial charge in [0.05, 0.1) is 12.1 Å². The third kappa shape index (κ3) is 1.03. The van der Waals surface area contributed by atoms with Crippen molar-refractivity contribution >= 4 is 16.5 Å². The predicted octanol–water partition coefficient (Wildman–Crippen LogP) is -0.131. The van der Waals surface area contributed by atoms with Gasteiger partial charge >= 0.3 is 5.13 Å². The third-order valence-electron chi connectivity index (χ3n) is 0.874. The van der Waals surface area contributed by atoms with E-state index in [1.165, 1.54) is 7.05 Å². The van der Waals surface area contributed by atoms with Gasteiger partial charge in [-0.25, -0.2) is 0 Å². The lowest BCUT2D eigenvalue weighted by atomic mass is 11.2. The van der Waals surface area contributed by atoms with Gasteiger partial charge in [0, 0.05) is 11.3 Å². The lowest BCUT2D eigenvalue weighted by Crippen LogP contribution is -2.08. The predicted molar refractivity (Wildman–Crippen MR) is 33.6 cm³/mol. The van der Waals surface area contributed by atoms with Crippen LogP contribution in [-0.2, 0) is 7.05 Å². The number of aromatic nitrogens is 2. The highest BCUT2D eigenvalue weighted by Crippen LogP contribution is 2.06. The van der Waals surface area contributed by atoms with Crippen LogP contribution in [0.5, 0.6) is 0 Å². The Kier molecular flexibility index (Phi) is 1.50. The molecular formula is C3H4N4O2S. The van der Waals surface area contributed by atoms with E-state index in [1.807, 2.05) is 0 Å². The van der Waals surface area contributed by atoms with Gasteiger partial charge in [0.15, 0.2) is 0 Å². The van der Waals surface area contributed by atoms with Gasteiger partial charge in [-0.1, -0.05) is 0 Å². The summed E-state index contributed by atoms with van der Waals surface area (Å²) in [5, 5.41) is 20.3. The van der Waals surface area contributed by atoms with E-state index < -0.39 is 4.92 Å². The van der Waals surface area contributed by atoms with E-state index in [9.17, 15) is 10.1 Å². The minimum absolute atomic E-state index is 0.0756. The summed E-state index contributed by atoms with van der Waals surface area (Å²) in [6, 6.07) is 0. The summed E-state index contributed by atoms with van der Waals surface area (Å²) in [7, 11) is 1.49. The fourth-order valence-corrected chi connectivity index (χ4v) is 1.00. The molecule has 0 fully saturated rings. The number of rotatable bonds is 1. The van der Waals surface area contributed by atoms with E-state index in [0.717, 1.165) is 16.0 Å². The first-order valence-electron chi connectivity index (χ1n) is 2.34. The molecule has 0 bridgehead atoms. The second-order valence-corrected chi connectivity index (χ2v) is 2.53. The quantitative estimate of drug-likeness (QED) is 0.458. The van der Waals surface area contributed by atoms with Gasteiger partial charge in [0.2, 0.25) is 4.80 Å². The molecule has 0 radical (unpaired) electrons. The fraction of sp³-hybridized carbons (Fsp3) is 0.333. The normalized spacial score (nSPS) is 9.70. The molecule has 0 aliphatic carbocycles. The Morgan fingerprint density at radius 1 is 1.90 bits per heavy atom. The molecule has 6 nitrogen and oxygen atoms in total. The number of hydrogen-bond acceptors (Lipinski definition) is 5. The highest BCUT2D eigenvalue weighted by atomic mass is 32.1. The van der Waals surface area contributed by atoms with Crippen molar-refractivity contribution < 1.29 is 4.92 Å². The molecule has 0 aliphatic heterocycles. The summed E-state index contributed by atoms with van der Waals surface area (Å²) in [5.74, 6) is 0. The third-order valence-corrected chi connectivity index (χ3v) is 1.74. The van der Waals surface area contributed by atoms with Crippen LogP contribution in [0.3, 0.4) is 0 Å². The number of nitrogens with one attached hydrogen (secondary N) is 1. The van der Waals surface area contributed by atoms with Gasteiger partial charge < -0.3 is 10.1 Å². The first-order chi connectivity index (χ1) is 4.61. The van der Waals surface area contributed by atoms with Crippen LogP contribution < -0.4 is 4.80 Å². The molecule has 0 spiro atoms. The second-order valence-electron chi connectivity index (χ2n) is 1.57. The highest BCUT2D eigenvalue weighted by molar-refractivity contribution is 7.12. The first-order valence-corrected chi connectivity index (χ1v) is 3.16. The van der Waals surface area contributed by atoms with E-state index in [-0.39, 0.29) is 9.93 Å². The molecule has 0 aliphatic rings. The number of aryl methyl sites for hydroxylation is 1. The summed E-state index contributed by atoms with van der Waals surface area (Å²) in [6.07, 6.45) is 0. The molecule has 1 N–H and O–H groups in total. The van der Waals surface area contributed by atoms with Gasteiger partial charge in [0.25, 0.3) is 0 Å². The van der Waals surface area contributed by atoms with Crippen molar-refractivity contribution in [2.75, 3.05) is 0 Å². The van der Waals surface area contributed by atoms with Crippen LogP contribution in [0.25, 0.3) is 0 Å². The summed E-state index contributed by atoms with van der Waals surface area (Å²) in [5.41, 5.74) is 0. The van der Waals surface area contributed by atoms with Crippen molar-refractivity contribution in [1.82, 2.24) is 9.78 Å². The molecular weight excluding hydrogens is 156 g/mol. The maximum absolute atomic E-state index is 10.0. The molecule has 1 heterocycles. The van der Waals surface area contributed by atoms with Crippen molar-refractivity contribution in [3.63, 3.8) is 0 Å². The summed E-state index contributed by atoms with van der Waals surface area (Å²) >= 11 is 0.742. The smallest absolute Gasteiger partial charge is 0.357 e. The molecule has 0 unspecified atom stereocenters. The Morgan fingerprint density at radius 3 is 2.70 bits per heavy atom. The van der Waals surface area contributed by atoms with Gasteiger partial charge in [-0.2, -0.15) is 0 Å². The maximum Gasteiger partial charge on any atom is 0.449 e. The molecule has 0 aromatic carbocycles. The molecule has 0 saturated carbocycles. The zero-order valence-corrected chi connectivity index (χ0v) is 5.88. The van der Waals surface area contributed by atoms with Crippen LogP contribution >= 0.6 is 11.3 Å². The Morgan fingerprint density at radius 2 is 2.50 bits per heavy atom. The van der Waals surface area contributed by atoms with Gasteiger partial charge in [-0.3, -0.25) is 5.41 Å². The molecule has 10 heavy (non-hydrogen) atoms. The lowest BCUT2D eigenvalue weighted by Gasteiger charge is -1.79. The molecule has 1 aromatic heterocycles. The Bertz CT molecular complexity index is 313. The summed E-state index contributed by atoms with van der Waals surface area (Å²) < 4.78 is 1.16. The Labute approximate surface area is 59.4 Å². The zero-order chi connectivity index (χ0) is 7.72. The molecule has 7 heteroatoms. The van der Waals surface area contributed by atoms with Crippen molar-refractivity contribution in [1.29, 1.82) is 5.41 Å². The van der Waals surface area contributed by atoms with Crippen LogP contribution in [0, 0.1) is 15.5 Å². The minimum atomic E-state index is -0.608. The average Bonchev–Trinajstić information content (AvgIpc) is 2.13. The van der Waals surface area contributed by atoms with Gasteiger partial charge in [0.1, 0.15) is 0 Å². The first kappa shape index (κ1) is 6.87. The zero-order valence-electron chi connectivity index (χ0n) is 5.07. The molecule has 54 valence electrons. The van der Waals surface area contributed by atoms with E-state index in [1.54, 1.807) is 0 Å². The van der Waals surface area contributed by atoms with E-state index in [0.29, 0.717) is 0 Å². The molecule has 1 rings (SSSR count). The van der Waals surface area contributed by atoms with E-state index in [4.69, 9.17) is 5.41 Å². The Hall–Kier alpha value is -1.24. The van der Waals surface area contributed by atoms with Crippen LogP contribution in [-0.4, -0.2) is 14.7 Å². The van der Waals surface area contributed by atoms with Crippen LogP contribution in [0.2, 0.25) is 0 Å². The molecule has 1 aromatic rings. The Balaban J connectivity index is 3.23. The highest BCUT2D eigenvalue weighted by Gasteiger charge is 2.11. The fourth-order valence-electron chi connectivity index (χ4n) is 0.420. The van der Waals surface area contributed by atoms with Gasteiger partial charge in [-0.05, 0) is 4.92 Å². The average molecular weight is 160 g/mol. The minimum Gasteiger partial charge on any atom is -0.357 e. The van der Waals surface area contributed by atoms with E-state index in [2.05, 4.69) is 5.10 Å². The molecule has 0 amide bonds. The van der Waals surface area contributed by atoms with Crippen LogP contribution in [0.1, 0.15) is 0 Å². The number of nitro groups is 1. The van der Waals surface area contributed by atoms with Gasteiger partial charge in [-0.15, -0.1) is 4.68 Å². The van der Waals surface area contributed by atoms with Crippen molar-refractivity contribution in [2.45, 2.75) is 0 Å². The molecule has 0 saturated heterocycles. The summed E-state index contributed by atoms with van der Waals surface area (Å²) in [6.45, 7) is 0. The monoisotopic (exact) mass is 160 g/mol. The number of hydrogen-bond donors (Lipinski definition) is 1. The maximum atomic E-state index is 10.0. The van der Waals surface area contributed by atoms with E-state index >= 15 is 0 Å². The lowest BCUT2D eigenvalue weighted by molar-refractivity contribution is -0.385. The van der Waals surface area contributed by atoms with Crippen molar-refractivity contribution in [2.24, 2.45) is 7.05 Å². The van der Waals surface area contributed by atoms with Crippen molar-refractivity contribution in [3.05, 3.63) is 14.9 Å². The standard InChI is InChI=1S/C3H4N4O2S/c1-6-2(4)10-3(5-6)7(8)9/h4H,1H3. The number of nitrogens with zero attached hydrogens (tertiary/aromatic N) is 3. The van der Waals surface area contributed by atoms with Crippen molar-refractivity contribution in [3.8, 4) is 0 Å². The van der Waals surface area contributed by atoms with Crippen LogP contribution in [0.15, 0.2) is 0 Å².